The molecular formula is C19H20N2O6. The predicted molar refractivity (Wildman–Crippen MR) is 95.2 cm³/mol. The number of ether oxygens (including phenoxy) is 2. The number of nitro benzene ring substituents is 1. The molecule has 2 N–H and O–H groups in total. The second-order valence-electron chi connectivity index (χ2n) is 7.43. The van der Waals surface area contributed by atoms with Gasteiger partial charge in [0.15, 0.2) is 5.78 Å². The van der Waals surface area contributed by atoms with E-state index in [9.17, 15) is 19.7 Å². The van der Waals surface area contributed by atoms with E-state index in [0.29, 0.717) is 29.7 Å². The fraction of sp³-hybridized carbons (Fsp3) is 0.368. The topological polar surface area (TPSA) is 122 Å². The Morgan fingerprint density at radius 1 is 1.30 bits per heavy atom. The smallest absolute Gasteiger partial charge is 0.340 e. The lowest BCUT2D eigenvalue weighted by Crippen LogP contribution is -2.35. The molecule has 0 saturated carbocycles. The summed E-state index contributed by atoms with van der Waals surface area (Å²) in [6, 6.07) is 5.69. The molecule has 1 aliphatic heterocycles. The monoisotopic (exact) mass is 372 g/mol. The minimum Gasteiger partial charge on any atom is -0.465 e. The van der Waals surface area contributed by atoms with Crippen LogP contribution in [0.3, 0.4) is 0 Å². The molecule has 0 spiro atoms. The third kappa shape index (κ3) is 3.30. The molecule has 1 aromatic rings. The summed E-state index contributed by atoms with van der Waals surface area (Å²) in [5.41, 5.74) is 6.54. The van der Waals surface area contributed by atoms with E-state index >= 15 is 0 Å². The van der Waals surface area contributed by atoms with E-state index in [1.54, 1.807) is 0 Å². The van der Waals surface area contributed by atoms with Crippen LogP contribution in [0.4, 0.5) is 5.69 Å². The third-order valence-corrected chi connectivity index (χ3v) is 4.80. The highest BCUT2D eigenvalue weighted by Gasteiger charge is 2.44. The van der Waals surface area contributed by atoms with Crippen LogP contribution < -0.4 is 5.73 Å². The van der Waals surface area contributed by atoms with Gasteiger partial charge in [-0.3, -0.25) is 14.9 Å². The Morgan fingerprint density at radius 2 is 1.93 bits per heavy atom. The molecule has 0 bridgehead atoms. The number of nitro groups is 1. The number of non-ortho nitro benzene ring substituents is 1. The first-order chi connectivity index (χ1) is 12.6. The van der Waals surface area contributed by atoms with Crippen molar-refractivity contribution in [1.29, 1.82) is 0 Å². The minimum atomic E-state index is -0.786. The number of ketones is 1. The van der Waals surface area contributed by atoms with Crippen LogP contribution in [-0.2, 0) is 19.1 Å². The highest BCUT2D eigenvalue weighted by Crippen LogP contribution is 2.48. The molecule has 1 heterocycles. The summed E-state index contributed by atoms with van der Waals surface area (Å²) in [6.07, 6.45) is 0.791. The zero-order valence-electron chi connectivity index (χ0n) is 15.3. The van der Waals surface area contributed by atoms with Gasteiger partial charge in [0.25, 0.3) is 5.69 Å². The Bertz CT molecular complexity index is 895. The second-order valence-corrected chi connectivity index (χ2v) is 7.43. The quantitative estimate of drug-likeness (QED) is 0.492. The molecule has 0 aromatic heterocycles. The molecule has 0 fully saturated rings. The van der Waals surface area contributed by atoms with Crippen LogP contribution in [0.1, 0.15) is 38.2 Å². The summed E-state index contributed by atoms with van der Waals surface area (Å²) < 4.78 is 10.5. The molecule has 2 aliphatic rings. The number of benzene rings is 1. The van der Waals surface area contributed by atoms with Gasteiger partial charge in [-0.15, -0.1) is 0 Å². The van der Waals surface area contributed by atoms with Gasteiger partial charge in [0.05, 0.1) is 18.0 Å². The molecular weight excluding hydrogens is 352 g/mol. The Hall–Kier alpha value is -3.16. The van der Waals surface area contributed by atoms with Gasteiger partial charge in [-0.25, -0.2) is 4.79 Å². The van der Waals surface area contributed by atoms with Crippen LogP contribution in [-0.4, -0.2) is 23.8 Å². The fourth-order valence-electron chi connectivity index (χ4n) is 3.62. The number of Topliss-reactive ketones (excluding diaryl/α,β-unsaturated/α-hetero) is 1. The van der Waals surface area contributed by atoms with E-state index in [2.05, 4.69) is 0 Å². The average molecular weight is 372 g/mol. The highest BCUT2D eigenvalue weighted by molar-refractivity contribution is 6.03. The molecule has 1 atom stereocenters. The van der Waals surface area contributed by atoms with Crippen molar-refractivity contribution < 1.29 is 24.0 Å². The van der Waals surface area contributed by atoms with Gasteiger partial charge in [0.2, 0.25) is 5.88 Å². The predicted octanol–water partition coefficient (Wildman–Crippen LogP) is 2.70. The van der Waals surface area contributed by atoms with Gasteiger partial charge in [0, 0.05) is 30.5 Å². The zero-order chi connectivity index (χ0) is 19.9. The van der Waals surface area contributed by atoms with E-state index in [4.69, 9.17) is 15.2 Å². The van der Waals surface area contributed by atoms with Crippen molar-refractivity contribution in [2.45, 2.75) is 32.6 Å². The van der Waals surface area contributed by atoms with E-state index < -0.39 is 16.8 Å². The Morgan fingerprint density at radius 3 is 2.48 bits per heavy atom. The SMILES string of the molecule is COC(=O)C1=C(N)OC2=C(C(=O)CC(C)(C)C2)C1c1ccc([N+](=O)[O-])cc1. The van der Waals surface area contributed by atoms with Crippen LogP contribution in [0.2, 0.25) is 0 Å². The van der Waals surface area contributed by atoms with Crippen LogP contribution in [0.5, 0.6) is 0 Å². The minimum absolute atomic E-state index is 0.0261. The van der Waals surface area contributed by atoms with Gasteiger partial charge in [-0.1, -0.05) is 26.0 Å². The molecule has 8 nitrogen and oxygen atoms in total. The number of nitrogens with zero attached hydrogens (tertiary/aromatic N) is 1. The van der Waals surface area contributed by atoms with Crippen LogP contribution >= 0.6 is 0 Å². The number of methoxy groups -OCH3 is 1. The number of hydrogen-bond acceptors (Lipinski definition) is 7. The van der Waals surface area contributed by atoms with Crippen molar-refractivity contribution >= 4 is 17.4 Å². The number of nitrogens with two attached hydrogens (primary N) is 1. The molecule has 27 heavy (non-hydrogen) atoms. The van der Waals surface area contributed by atoms with E-state index in [1.807, 2.05) is 13.8 Å². The van der Waals surface area contributed by atoms with Gasteiger partial charge < -0.3 is 15.2 Å². The standard InChI is InChI=1S/C19H20N2O6/c1-19(2)8-12(22)15-13(9-19)27-17(20)16(18(23)26-3)14(15)10-4-6-11(7-5-10)21(24)25/h4-7,14H,8-9,20H2,1-3H3. The number of allylic oxidation sites excluding steroid dienone is 2. The zero-order valence-corrected chi connectivity index (χ0v) is 15.3. The first-order valence-electron chi connectivity index (χ1n) is 8.41. The number of rotatable bonds is 3. The van der Waals surface area contributed by atoms with Crippen LogP contribution in [0, 0.1) is 15.5 Å². The van der Waals surface area contributed by atoms with Crippen molar-refractivity contribution in [1.82, 2.24) is 0 Å². The van der Waals surface area contributed by atoms with Gasteiger partial charge in [-0.2, -0.15) is 0 Å². The molecule has 0 saturated heterocycles. The van der Waals surface area contributed by atoms with Crippen molar-refractivity contribution in [3.05, 3.63) is 62.7 Å². The first-order valence-corrected chi connectivity index (χ1v) is 8.41. The molecule has 1 aliphatic carbocycles. The normalized spacial score (nSPS) is 21.4. The number of esters is 1. The third-order valence-electron chi connectivity index (χ3n) is 4.80. The molecule has 142 valence electrons. The van der Waals surface area contributed by atoms with Crippen LogP contribution in [0.25, 0.3) is 0 Å². The average Bonchev–Trinajstić information content (AvgIpc) is 2.58. The number of carbonyl (C=O) groups excluding carboxylic acids is 2. The largest absolute Gasteiger partial charge is 0.465 e. The summed E-state index contributed by atoms with van der Waals surface area (Å²) in [5, 5.41) is 10.9. The molecule has 3 rings (SSSR count). The Labute approximate surface area is 155 Å². The van der Waals surface area contributed by atoms with Crippen molar-refractivity contribution in [3.8, 4) is 0 Å². The van der Waals surface area contributed by atoms with Gasteiger partial charge in [-0.05, 0) is 11.0 Å². The maximum absolute atomic E-state index is 12.9. The molecule has 0 amide bonds. The lowest BCUT2D eigenvalue weighted by atomic mass is 9.70. The molecule has 8 heteroatoms. The fourth-order valence-corrected chi connectivity index (χ4v) is 3.62. The molecule has 1 unspecified atom stereocenters. The van der Waals surface area contributed by atoms with Gasteiger partial charge >= 0.3 is 5.97 Å². The lowest BCUT2D eigenvalue weighted by molar-refractivity contribution is -0.384. The maximum atomic E-state index is 12.9. The van der Waals surface area contributed by atoms with Crippen molar-refractivity contribution in [3.63, 3.8) is 0 Å². The summed E-state index contributed by atoms with van der Waals surface area (Å²) in [4.78, 5) is 35.7. The maximum Gasteiger partial charge on any atom is 0.340 e. The summed E-state index contributed by atoms with van der Waals surface area (Å²) >= 11 is 0. The Balaban J connectivity index is 2.17. The molecule has 1 aromatic carbocycles. The van der Waals surface area contributed by atoms with Gasteiger partial charge in [0.1, 0.15) is 11.3 Å². The van der Waals surface area contributed by atoms with E-state index in [0.717, 1.165) is 0 Å². The number of carbonyl (C=O) groups is 2. The lowest BCUT2D eigenvalue weighted by Gasteiger charge is -2.37. The van der Waals surface area contributed by atoms with Crippen molar-refractivity contribution in [2.24, 2.45) is 11.1 Å². The summed E-state index contributed by atoms with van der Waals surface area (Å²) in [7, 11) is 1.21. The van der Waals surface area contributed by atoms with Crippen LogP contribution in [0.15, 0.2) is 47.1 Å². The van der Waals surface area contributed by atoms with Crippen molar-refractivity contribution in [2.75, 3.05) is 7.11 Å². The summed E-state index contributed by atoms with van der Waals surface area (Å²) in [5.74, 6) is -1.32. The number of hydrogen-bond donors (Lipinski definition) is 1. The first kappa shape index (κ1) is 18.6. The molecule has 0 radical (unpaired) electrons. The highest BCUT2D eigenvalue weighted by atomic mass is 16.6. The second kappa shape index (κ2) is 6.53. The Kier molecular flexibility index (Phi) is 4.51. The van der Waals surface area contributed by atoms with E-state index in [1.165, 1.54) is 31.4 Å². The summed E-state index contributed by atoms with van der Waals surface area (Å²) in [6.45, 7) is 3.91. The van der Waals surface area contributed by atoms with E-state index in [-0.39, 0.29) is 28.3 Å².